The summed E-state index contributed by atoms with van der Waals surface area (Å²) in [6.45, 7) is 1.78. The highest BCUT2D eigenvalue weighted by Crippen LogP contribution is 2.38. The molecule has 0 radical (unpaired) electrons. The van der Waals surface area contributed by atoms with Gasteiger partial charge in [0.15, 0.2) is 0 Å². The summed E-state index contributed by atoms with van der Waals surface area (Å²) in [5.74, 6) is 0. The topological polar surface area (TPSA) is 25.2 Å². The van der Waals surface area contributed by atoms with Gasteiger partial charge in [0.1, 0.15) is 0 Å². The average Bonchev–Trinajstić information content (AvgIpc) is 2.75. The van der Waals surface area contributed by atoms with E-state index >= 15 is 0 Å². The van der Waals surface area contributed by atoms with E-state index in [1.165, 1.54) is 12.1 Å². The molecule has 1 unspecified atom stereocenters. The van der Waals surface area contributed by atoms with Crippen LogP contribution >= 0.6 is 0 Å². The molecule has 2 nitrogen and oxygen atoms in total. The van der Waals surface area contributed by atoms with Crippen LogP contribution in [0.1, 0.15) is 41.5 Å². The summed E-state index contributed by atoms with van der Waals surface area (Å²) in [7, 11) is 0. The number of benzene rings is 1. The lowest BCUT2D eigenvalue weighted by atomic mass is 9.95. The summed E-state index contributed by atoms with van der Waals surface area (Å²) in [6.07, 6.45) is -2.84. The van der Waals surface area contributed by atoms with Crippen LogP contribution in [0.25, 0.3) is 5.69 Å². The fourth-order valence-electron chi connectivity index (χ4n) is 3.12. The van der Waals surface area contributed by atoms with Crippen molar-refractivity contribution >= 4 is 0 Å². The number of halogens is 3. The SMILES string of the molecule is Cc1cc2c(n1-c1ccccc1C(F)(F)F)CCCC2O. The number of rotatable bonds is 1. The highest BCUT2D eigenvalue weighted by atomic mass is 19.4. The maximum Gasteiger partial charge on any atom is 0.418 e. The molecule has 5 heteroatoms. The van der Waals surface area contributed by atoms with Crippen molar-refractivity contribution in [2.24, 2.45) is 0 Å². The van der Waals surface area contributed by atoms with Crippen molar-refractivity contribution in [1.82, 2.24) is 4.57 Å². The Kier molecular flexibility index (Phi) is 3.32. The lowest BCUT2D eigenvalue weighted by molar-refractivity contribution is -0.137. The molecule has 0 spiro atoms. The van der Waals surface area contributed by atoms with Crippen molar-refractivity contribution < 1.29 is 18.3 Å². The van der Waals surface area contributed by atoms with Gasteiger partial charge in [0.25, 0.3) is 0 Å². The fraction of sp³-hybridized carbons (Fsp3) is 0.375. The molecule has 2 aromatic rings. The van der Waals surface area contributed by atoms with Crippen LogP contribution in [0.4, 0.5) is 13.2 Å². The Balaban J connectivity index is 2.23. The molecule has 1 atom stereocenters. The highest BCUT2D eigenvalue weighted by Gasteiger charge is 2.35. The molecule has 0 aliphatic heterocycles. The summed E-state index contributed by atoms with van der Waals surface area (Å²) in [5.41, 5.74) is 1.76. The summed E-state index contributed by atoms with van der Waals surface area (Å²) in [5, 5.41) is 10.0. The van der Waals surface area contributed by atoms with Gasteiger partial charge < -0.3 is 9.67 Å². The summed E-state index contributed by atoms with van der Waals surface area (Å²) >= 11 is 0. The van der Waals surface area contributed by atoms with Gasteiger partial charge in [0, 0.05) is 17.0 Å². The van der Waals surface area contributed by atoms with Gasteiger partial charge in [-0.1, -0.05) is 12.1 Å². The van der Waals surface area contributed by atoms with Gasteiger partial charge in [0.05, 0.1) is 17.4 Å². The van der Waals surface area contributed by atoms with E-state index < -0.39 is 17.8 Å². The number of aliphatic hydroxyl groups is 1. The van der Waals surface area contributed by atoms with Gasteiger partial charge in [-0.3, -0.25) is 0 Å². The third kappa shape index (κ3) is 2.35. The molecular weight excluding hydrogens is 279 g/mol. The minimum atomic E-state index is -4.40. The largest absolute Gasteiger partial charge is 0.418 e. The van der Waals surface area contributed by atoms with Gasteiger partial charge in [0.2, 0.25) is 0 Å². The summed E-state index contributed by atoms with van der Waals surface area (Å²) in [4.78, 5) is 0. The van der Waals surface area contributed by atoms with Gasteiger partial charge in [-0.15, -0.1) is 0 Å². The zero-order valence-corrected chi connectivity index (χ0v) is 11.6. The van der Waals surface area contributed by atoms with E-state index in [0.29, 0.717) is 12.8 Å². The van der Waals surface area contributed by atoms with E-state index in [0.717, 1.165) is 29.4 Å². The molecule has 112 valence electrons. The maximum absolute atomic E-state index is 13.2. The fourth-order valence-corrected chi connectivity index (χ4v) is 3.12. The Morgan fingerprint density at radius 2 is 1.95 bits per heavy atom. The first-order chi connectivity index (χ1) is 9.89. The number of aliphatic hydroxyl groups excluding tert-OH is 1. The van der Waals surface area contributed by atoms with Crippen LogP contribution in [0.5, 0.6) is 0 Å². The van der Waals surface area contributed by atoms with Crippen LogP contribution in [-0.2, 0) is 12.6 Å². The molecule has 0 saturated carbocycles. The lowest BCUT2D eigenvalue weighted by Gasteiger charge is -2.22. The smallest absolute Gasteiger partial charge is 0.388 e. The minimum Gasteiger partial charge on any atom is -0.388 e. The van der Waals surface area contributed by atoms with Crippen molar-refractivity contribution in [2.75, 3.05) is 0 Å². The molecule has 0 saturated heterocycles. The van der Waals surface area contributed by atoms with Crippen LogP contribution in [0.2, 0.25) is 0 Å². The normalized spacial score (nSPS) is 18.6. The minimum absolute atomic E-state index is 0.137. The first kappa shape index (κ1) is 14.2. The molecule has 0 fully saturated rings. The van der Waals surface area contributed by atoms with Crippen LogP contribution in [0.3, 0.4) is 0 Å². The monoisotopic (exact) mass is 295 g/mol. The predicted molar refractivity (Wildman–Crippen MR) is 73.4 cm³/mol. The van der Waals surface area contributed by atoms with Crippen molar-refractivity contribution in [1.29, 1.82) is 0 Å². The number of hydrogen-bond donors (Lipinski definition) is 1. The highest BCUT2D eigenvalue weighted by molar-refractivity contribution is 5.49. The molecule has 1 N–H and O–H groups in total. The maximum atomic E-state index is 13.2. The van der Waals surface area contributed by atoms with Crippen LogP contribution in [-0.4, -0.2) is 9.67 Å². The number of alkyl halides is 3. The first-order valence-corrected chi connectivity index (χ1v) is 6.95. The molecule has 1 aliphatic carbocycles. The number of aromatic nitrogens is 1. The van der Waals surface area contributed by atoms with Gasteiger partial charge in [-0.2, -0.15) is 13.2 Å². The molecule has 0 amide bonds. The summed E-state index contributed by atoms with van der Waals surface area (Å²) in [6, 6.07) is 7.38. The van der Waals surface area contributed by atoms with E-state index in [2.05, 4.69) is 0 Å². The van der Waals surface area contributed by atoms with Crippen molar-refractivity contribution in [3.8, 4) is 5.69 Å². The van der Waals surface area contributed by atoms with Crippen molar-refractivity contribution in [3.05, 3.63) is 52.8 Å². The number of hydrogen-bond acceptors (Lipinski definition) is 1. The van der Waals surface area contributed by atoms with E-state index in [-0.39, 0.29) is 5.69 Å². The van der Waals surface area contributed by atoms with Gasteiger partial charge >= 0.3 is 6.18 Å². The molecular formula is C16H16F3NO. The number of fused-ring (bicyclic) bond motifs is 1. The van der Waals surface area contributed by atoms with Gasteiger partial charge in [-0.05, 0) is 44.4 Å². The second-order valence-electron chi connectivity index (χ2n) is 5.45. The number of aryl methyl sites for hydroxylation is 1. The Hall–Kier alpha value is -1.75. The number of nitrogens with zero attached hydrogens (tertiary/aromatic N) is 1. The second-order valence-corrected chi connectivity index (χ2v) is 5.45. The Bertz CT molecular complexity index is 673. The lowest BCUT2D eigenvalue weighted by Crippen LogP contribution is -2.15. The molecule has 1 aliphatic rings. The molecule has 1 aromatic heterocycles. The van der Waals surface area contributed by atoms with E-state index in [9.17, 15) is 18.3 Å². The molecule has 1 heterocycles. The molecule has 0 bridgehead atoms. The first-order valence-electron chi connectivity index (χ1n) is 6.95. The molecule has 1 aromatic carbocycles. The molecule has 21 heavy (non-hydrogen) atoms. The van der Waals surface area contributed by atoms with Crippen LogP contribution in [0.15, 0.2) is 30.3 Å². The standard InChI is InChI=1S/C16H16F3NO/c1-10-9-11-13(7-4-8-15(11)21)20(10)14-6-3-2-5-12(14)16(17,18)19/h2-3,5-6,9,15,21H,4,7-8H2,1H3. The third-order valence-electron chi connectivity index (χ3n) is 4.02. The van der Waals surface area contributed by atoms with Crippen LogP contribution < -0.4 is 0 Å². The Morgan fingerprint density at radius 1 is 1.24 bits per heavy atom. The average molecular weight is 295 g/mol. The van der Waals surface area contributed by atoms with Crippen molar-refractivity contribution in [3.63, 3.8) is 0 Å². The Labute approximate surface area is 120 Å². The zero-order chi connectivity index (χ0) is 15.2. The van der Waals surface area contributed by atoms with Gasteiger partial charge in [-0.25, -0.2) is 0 Å². The quantitative estimate of drug-likeness (QED) is 0.839. The van der Waals surface area contributed by atoms with Crippen LogP contribution in [0, 0.1) is 6.92 Å². The van der Waals surface area contributed by atoms with Crippen molar-refractivity contribution in [2.45, 2.75) is 38.5 Å². The molecule has 3 rings (SSSR count). The zero-order valence-electron chi connectivity index (χ0n) is 11.6. The Morgan fingerprint density at radius 3 is 2.67 bits per heavy atom. The third-order valence-corrected chi connectivity index (χ3v) is 4.02. The number of para-hydroxylation sites is 1. The predicted octanol–water partition coefficient (Wildman–Crippen LogP) is 4.17. The second kappa shape index (κ2) is 4.91. The van der Waals surface area contributed by atoms with E-state index in [1.54, 1.807) is 23.6 Å². The van der Waals surface area contributed by atoms with E-state index in [1.807, 2.05) is 0 Å². The van der Waals surface area contributed by atoms with E-state index in [4.69, 9.17) is 0 Å². The summed E-state index contributed by atoms with van der Waals surface area (Å²) < 4.78 is 41.3.